The smallest absolute Gasteiger partial charge is 0.391 e. The molecule has 3 rings (SSSR count). The SMILES string of the molecule is CC(=O)N[C@@H](COP(=O)(O)O)C(=O)N1CCC[C@H]1C(=O)N[C@H](C(=O)NC(Cc1ccc2ccccc2c1)C(N)=O)[C@@H](C)O. The number of nitrogens with one attached hydrogen (secondary N) is 3. The summed E-state index contributed by atoms with van der Waals surface area (Å²) in [6, 6.07) is 7.79. The molecule has 0 spiro atoms. The highest BCUT2D eigenvalue weighted by Gasteiger charge is 2.40. The Kier molecular flexibility index (Phi) is 11.4. The minimum absolute atomic E-state index is 0.0541. The monoisotopic (exact) mass is 621 g/mol. The van der Waals surface area contributed by atoms with Crippen LogP contribution in [0, 0.1) is 0 Å². The predicted octanol–water partition coefficient (Wildman–Crippen LogP) is -1.18. The second-order valence-corrected chi connectivity index (χ2v) is 11.5. The zero-order valence-corrected chi connectivity index (χ0v) is 24.5. The largest absolute Gasteiger partial charge is 0.469 e. The molecular formula is C27H36N5O10P. The van der Waals surface area contributed by atoms with Gasteiger partial charge in [0.1, 0.15) is 24.2 Å². The number of aliphatic hydroxyl groups excluding tert-OH is 1. The number of phosphoric ester groups is 1. The second kappa shape index (κ2) is 14.5. The number of carbonyl (C=O) groups is 5. The minimum Gasteiger partial charge on any atom is -0.391 e. The van der Waals surface area contributed by atoms with E-state index in [1.165, 1.54) is 6.92 Å². The number of hydrogen-bond acceptors (Lipinski definition) is 8. The summed E-state index contributed by atoms with van der Waals surface area (Å²) in [6.07, 6.45) is -0.813. The lowest BCUT2D eigenvalue weighted by atomic mass is 10.0. The lowest BCUT2D eigenvalue weighted by Gasteiger charge is -2.30. The maximum atomic E-state index is 13.2. The molecule has 0 bridgehead atoms. The standard InChI is InChI=1S/C27H36N5O10P/c1-15(33)23(26(37)30-20(24(28)35)13-17-9-10-18-6-3-4-7-19(18)12-17)31-25(36)22-8-5-11-32(22)27(38)21(29-16(2)34)14-42-43(39,40)41/h3-4,6-7,9-10,12,15,20-23,33H,5,8,11,13-14H2,1-2H3,(H2,28,35)(H,29,34)(H,30,37)(H,31,36)(H2,39,40,41)/t15-,20?,21+,22+,23+/m1/s1. The van der Waals surface area contributed by atoms with Gasteiger partial charge in [-0.15, -0.1) is 0 Å². The van der Waals surface area contributed by atoms with E-state index in [4.69, 9.17) is 15.5 Å². The van der Waals surface area contributed by atoms with Gasteiger partial charge in [-0.25, -0.2) is 4.57 Å². The van der Waals surface area contributed by atoms with E-state index in [-0.39, 0.29) is 19.4 Å². The van der Waals surface area contributed by atoms with E-state index >= 15 is 0 Å². The number of likely N-dealkylation sites (tertiary alicyclic amines) is 1. The van der Waals surface area contributed by atoms with Crippen molar-refractivity contribution in [1.82, 2.24) is 20.9 Å². The van der Waals surface area contributed by atoms with Crippen molar-refractivity contribution in [3.63, 3.8) is 0 Å². The molecular weight excluding hydrogens is 585 g/mol. The van der Waals surface area contributed by atoms with Crippen LogP contribution in [0.25, 0.3) is 10.8 Å². The van der Waals surface area contributed by atoms with Gasteiger partial charge in [0.05, 0.1) is 12.7 Å². The van der Waals surface area contributed by atoms with Crippen molar-refractivity contribution in [2.45, 2.75) is 63.4 Å². The number of benzene rings is 2. The number of rotatable bonds is 13. The normalized spacial score (nSPS) is 17.9. The number of carbonyl (C=O) groups excluding carboxylic acids is 5. The summed E-state index contributed by atoms with van der Waals surface area (Å²) in [4.78, 5) is 82.5. The minimum atomic E-state index is -4.97. The van der Waals surface area contributed by atoms with Crippen LogP contribution in [0.2, 0.25) is 0 Å². The molecule has 16 heteroatoms. The Bertz CT molecular complexity index is 1410. The fourth-order valence-corrected chi connectivity index (χ4v) is 5.18. The quantitative estimate of drug-likeness (QED) is 0.132. The van der Waals surface area contributed by atoms with E-state index in [1.807, 2.05) is 36.4 Å². The molecule has 1 unspecified atom stereocenters. The molecule has 2 aromatic rings. The molecule has 0 aromatic heterocycles. The van der Waals surface area contributed by atoms with Crippen LogP contribution in [0.5, 0.6) is 0 Å². The summed E-state index contributed by atoms with van der Waals surface area (Å²) >= 11 is 0. The van der Waals surface area contributed by atoms with Crippen molar-refractivity contribution in [3.05, 3.63) is 48.0 Å². The van der Waals surface area contributed by atoms with Crippen LogP contribution in [-0.2, 0) is 39.5 Å². The van der Waals surface area contributed by atoms with E-state index in [2.05, 4.69) is 20.5 Å². The number of aliphatic hydroxyl groups is 1. The number of fused-ring (bicyclic) bond motifs is 1. The van der Waals surface area contributed by atoms with Crippen LogP contribution in [0.15, 0.2) is 42.5 Å². The molecule has 0 radical (unpaired) electrons. The van der Waals surface area contributed by atoms with E-state index in [9.17, 15) is 33.6 Å². The Labute approximate surface area is 247 Å². The van der Waals surface area contributed by atoms with Gasteiger partial charge in [0.25, 0.3) is 0 Å². The summed E-state index contributed by atoms with van der Waals surface area (Å²) < 4.78 is 15.5. The fourth-order valence-electron chi connectivity index (χ4n) is 4.84. The van der Waals surface area contributed by atoms with E-state index in [1.54, 1.807) is 6.07 Å². The first-order valence-electron chi connectivity index (χ1n) is 13.5. The maximum absolute atomic E-state index is 13.2. The van der Waals surface area contributed by atoms with Gasteiger partial charge < -0.3 is 41.5 Å². The summed E-state index contributed by atoms with van der Waals surface area (Å²) in [5.41, 5.74) is 6.27. The third kappa shape index (κ3) is 9.56. The van der Waals surface area contributed by atoms with Gasteiger partial charge in [0.15, 0.2) is 0 Å². The third-order valence-electron chi connectivity index (χ3n) is 6.90. The predicted molar refractivity (Wildman–Crippen MR) is 153 cm³/mol. The van der Waals surface area contributed by atoms with Gasteiger partial charge in [-0.05, 0) is 36.1 Å². The maximum Gasteiger partial charge on any atom is 0.469 e. The van der Waals surface area contributed by atoms with E-state index in [0.717, 1.165) is 28.2 Å². The number of hydrogen-bond donors (Lipinski definition) is 7. The van der Waals surface area contributed by atoms with Gasteiger partial charge in [-0.3, -0.25) is 28.5 Å². The molecule has 234 valence electrons. The van der Waals surface area contributed by atoms with Crippen LogP contribution < -0.4 is 21.7 Å². The topological polar surface area (TPSA) is 238 Å². The highest BCUT2D eigenvalue weighted by Crippen LogP contribution is 2.36. The van der Waals surface area contributed by atoms with Crippen molar-refractivity contribution >= 4 is 48.1 Å². The molecule has 5 amide bonds. The van der Waals surface area contributed by atoms with Crippen LogP contribution in [0.4, 0.5) is 0 Å². The molecule has 1 aliphatic heterocycles. The van der Waals surface area contributed by atoms with Crippen LogP contribution >= 0.6 is 7.82 Å². The first-order valence-corrected chi connectivity index (χ1v) is 15.0. The summed E-state index contributed by atoms with van der Waals surface area (Å²) in [5, 5.41) is 19.4. The van der Waals surface area contributed by atoms with Crippen LogP contribution in [0.3, 0.4) is 0 Å². The Morgan fingerprint density at radius 2 is 1.72 bits per heavy atom. The highest BCUT2D eigenvalue weighted by atomic mass is 31.2. The number of phosphoric acid groups is 1. The lowest BCUT2D eigenvalue weighted by Crippen LogP contribution is -2.60. The molecule has 0 saturated carbocycles. The summed E-state index contributed by atoms with van der Waals surface area (Å²) in [5.74, 6) is -4.01. The third-order valence-corrected chi connectivity index (χ3v) is 7.39. The van der Waals surface area contributed by atoms with Gasteiger partial charge >= 0.3 is 7.82 Å². The Morgan fingerprint density at radius 1 is 1.05 bits per heavy atom. The van der Waals surface area contributed by atoms with Crippen molar-refractivity contribution in [2.24, 2.45) is 5.73 Å². The Balaban J connectivity index is 1.71. The molecule has 15 nitrogen and oxygen atoms in total. The molecule has 1 heterocycles. The van der Waals surface area contributed by atoms with Gasteiger partial charge in [-0.2, -0.15) is 0 Å². The number of primary amides is 1. The Morgan fingerprint density at radius 3 is 2.33 bits per heavy atom. The molecule has 8 N–H and O–H groups in total. The second-order valence-electron chi connectivity index (χ2n) is 10.3. The summed E-state index contributed by atoms with van der Waals surface area (Å²) in [6.45, 7) is 1.58. The zero-order valence-electron chi connectivity index (χ0n) is 23.6. The number of nitrogens with two attached hydrogens (primary N) is 1. The lowest BCUT2D eigenvalue weighted by molar-refractivity contribution is -0.143. The highest BCUT2D eigenvalue weighted by molar-refractivity contribution is 7.46. The molecule has 1 fully saturated rings. The van der Waals surface area contributed by atoms with Crippen molar-refractivity contribution in [2.75, 3.05) is 13.2 Å². The fraction of sp³-hybridized carbons (Fsp3) is 0.444. The van der Waals surface area contributed by atoms with Crippen molar-refractivity contribution in [1.29, 1.82) is 0 Å². The number of amides is 5. The van der Waals surface area contributed by atoms with E-state index < -0.39 is 74.2 Å². The molecule has 43 heavy (non-hydrogen) atoms. The van der Waals surface area contributed by atoms with Crippen molar-refractivity contribution < 1.29 is 48.0 Å². The average Bonchev–Trinajstić information content (AvgIpc) is 3.42. The molecule has 1 saturated heterocycles. The van der Waals surface area contributed by atoms with Crippen molar-refractivity contribution in [3.8, 4) is 0 Å². The zero-order chi connectivity index (χ0) is 31.9. The van der Waals surface area contributed by atoms with Gasteiger partial charge in [0.2, 0.25) is 29.5 Å². The number of nitrogens with zero attached hydrogens (tertiary/aromatic N) is 1. The molecule has 2 aromatic carbocycles. The van der Waals surface area contributed by atoms with Crippen LogP contribution in [-0.4, -0.2) is 92.8 Å². The first-order chi connectivity index (χ1) is 20.2. The molecule has 0 aliphatic carbocycles. The summed E-state index contributed by atoms with van der Waals surface area (Å²) in [7, 11) is -4.97. The van der Waals surface area contributed by atoms with Crippen LogP contribution in [0.1, 0.15) is 32.3 Å². The van der Waals surface area contributed by atoms with Gasteiger partial charge in [0, 0.05) is 19.9 Å². The van der Waals surface area contributed by atoms with E-state index in [0.29, 0.717) is 6.42 Å². The van der Waals surface area contributed by atoms with Gasteiger partial charge in [-0.1, -0.05) is 42.5 Å². The first kappa shape index (κ1) is 33.6. The molecule has 5 atom stereocenters. The Hall–Kier alpha value is -3.88. The molecule has 1 aliphatic rings. The average molecular weight is 622 g/mol.